The van der Waals surface area contributed by atoms with Crippen molar-refractivity contribution in [1.29, 1.82) is 0 Å². The van der Waals surface area contributed by atoms with E-state index in [1.807, 2.05) is 41.5 Å². The van der Waals surface area contributed by atoms with Gasteiger partial charge in [0.15, 0.2) is 0 Å². The molecule has 0 N–H and O–H groups in total. The number of rotatable bonds is 18. The molecule has 30 heavy (non-hydrogen) atoms. The van der Waals surface area contributed by atoms with E-state index in [1.165, 1.54) is 0 Å². The molecule has 1 rings (SSSR count). The molecule has 1 aliphatic rings. The lowest BCUT2D eigenvalue weighted by molar-refractivity contribution is -0.135. The van der Waals surface area contributed by atoms with Crippen molar-refractivity contribution in [3.8, 4) is 0 Å². The second-order valence-electron chi connectivity index (χ2n) is 6.95. The predicted molar refractivity (Wildman–Crippen MR) is 120 cm³/mol. The van der Waals surface area contributed by atoms with Gasteiger partial charge in [-0.3, -0.25) is 0 Å². The van der Waals surface area contributed by atoms with Gasteiger partial charge in [0, 0.05) is 51.7 Å². The Labute approximate surface area is 185 Å². The van der Waals surface area contributed by atoms with Crippen LogP contribution < -0.4 is 0 Å². The topological polar surface area (TPSA) is 73.8 Å². The average molecular weight is 469 g/mol. The molecule has 0 aliphatic carbocycles. The molecule has 1 saturated heterocycles. The fourth-order valence-corrected chi connectivity index (χ4v) is 8.95. The minimum absolute atomic E-state index is 0.0298. The Morgan fingerprint density at radius 2 is 0.800 bits per heavy atom. The highest BCUT2D eigenvalue weighted by atomic mass is 28.4. The Morgan fingerprint density at radius 3 is 1.00 bits per heavy atom. The smallest absolute Gasteiger partial charge is 0.374 e. The second kappa shape index (κ2) is 15.8. The van der Waals surface area contributed by atoms with Crippen LogP contribution in [0.2, 0.25) is 12.1 Å². The van der Waals surface area contributed by atoms with Gasteiger partial charge in [-0.2, -0.15) is 0 Å². The summed E-state index contributed by atoms with van der Waals surface area (Å²) in [7, 11) is -5.29. The lowest BCUT2D eigenvalue weighted by atomic mass is 10.2. The lowest BCUT2D eigenvalue weighted by Gasteiger charge is -2.34. The van der Waals surface area contributed by atoms with E-state index in [2.05, 4.69) is 0 Å². The van der Waals surface area contributed by atoms with Crippen LogP contribution in [0.15, 0.2) is 0 Å². The quantitative estimate of drug-likeness (QED) is 0.282. The Morgan fingerprint density at radius 1 is 0.533 bits per heavy atom. The fourth-order valence-electron chi connectivity index (χ4n) is 3.59. The van der Waals surface area contributed by atoms with Gasteiger partial charge in [-0.15, -0.1) is 0 Å². The lowest BCUT2D eigenvalue weighted by Crippen LogP contribution is -2.48. The first-order chi connectivity index (χ1) is 14.5. The Hall–Kier alpha value is 0.114. The van der Waals surface area contributed by atoms with E-state index in [4.69, 9.17) is 36.0 Å². The standard InChI is InChI=1S/C20H44O8Si2/c1-7-23-29(24-8-2,25-9-3)15-13-19-17-22-20(18-21-19)14-16-30(26-10-4,27-11-5)28-12-6/h19-20H,7-18H2,1-6H3. The molecular formula is C20H44O8Si2. The zero-order valence-electron chi connectivity index (χ0n) is 19.9. The molecule has 0 aromatic heterocycles. The molecule has 8 nitrogen and oxygen atoms in total. The minimum atomic E-state index is -2.64. The van der Waals surface area contributed by atoms with Crippen LogP contribution in [0.3, 0.4) is 0 Å². The first-order valence-corrected chi connectivity index (χ1v) is 15.5. The summed E-state index contributed by atoms with van der Waals surface area (Å²) in [5.41, 5.74) is 0. The largest absolute Gasteiger partial charge is 0.501 e. The van der Waals surface area contributed by atoms with Gasteiger partial charge in [0.25, 0.3) is 0 Å². The molecule has 2 unspecified atom stereocenters. The maximum Gasteiger partial charge on any atom is 0.501 e. The summed E-state index contributed by atoms with van der Waals surface area (Å²) in [6, 6.07) is 1.46. The molecule has 0 bridgehead atoms. The molecule has 1 fully saturated rings. The first kappa shape index (κ1) is 28.1. The third-order valence-corrected chi connectivity index (χ3v) is 10.9. The van der Waals surface area contributed by atoms with E-state index in [9.17, 15) is 0 Å². The summed E-state index contributed by atoms with van der Waals surface area (Å²) in [5.74, 6) is 0. The zero-order chi connectivity index (χ0) is 22.3. The monoisotopic (exact) mass is 468 g/mol. The van der Waals surface area contributed by atoms with Crippen LogP contribution in [0.1, 0.15) is 54.4 Å². The summed E-state index contributed by atoms with van der Waals surface area (Å²) in [6.07, 6.45) is 1.66. The van der Waals surface area contributed by atoms with Gasteiger partial charge in [-0.1, -0.05) is 0 Å². The zero-order valence-corrected chi connectivity index (χ0v) is 21.9. The van der Waals surface area contributed by atoms with E-state index in [-0.39, 0.29) is 12.2 Å². The van der Waals surface area contributed by atoms with Crippen LogP contribution >= 0.6 is 0 Å². The van der Waals surface area contributed by atoms with Gasteiger partial charge < -0.3 is 36.0 Å². The van der Waals surface area contributed by atoms with Crippen molar-refractivity contribution in [2.75, 3.05) is 52.9 Å². The maximum atomic E-state index is 6.09. The van der Waals surface area contributed by atoms with Gasteiger partial charge in [0.2, 0.25) is 0 Å². The van der Waals surface area contributed by atoms with Crippen molar-refractivity contribution in [2.24, 2.45) is 0 Å². The average Bonchev–Trinajstić information content (AvgIpc) is 2.73. The third kappa shape index (κ3) is 9.72. The molecule has 0 saturated carbocycles. The van der Waals surface area contributed by atoms with Crippen LogP contribution in [0, 0.1) is 0 Å². The van der Waals surface area contributed by atoms with Crippen LogP contribution in [-0.4, -0.2) is 82.7 Å². The van der Waals surface area contributed by atoms with Crippen molar-refractivity contribution in [2.45, 2.75) is 78.7 Å². The molecule has 180 valence electrons. The summed E-state index contributed by atoms with van der Waals surface area (Å²) < 4.78 is 47.7. The van der Waals surface area contributed by atoms with Crippen LogP contribution in [0.25, 0.3) is 0 Å². The van der Waals surface area contributed by atoms with Crippen molar-refractivity contribution in [3.05, 3.63) is 0 Å². The van der Waals surface area contributed by atoms with Crippen LogP contribution in [-0.2, 0) is 36.0 Å². The Kier molecular flexibility index (Phi) is 14.9. The molecule has 1 heterocycles. The van der Waals surface area contributed by atoms with Gasteiger partial charge >= 0.3 is 17.6 Å². The molecule has 0 aromatic rings. The number of hydrogen-bond acceptors (Lipinski definition) is 8. The fraction of sp³-hybridized carbons (Fsp3) is 1.00. The van der Waals surface area contributed by atoms with E-state index >= 15 is 0 Å². The molecule has 10 heteroatoms. The summed E-state index contributed by atoms with van der Waals surface area (Å²) in [6.45, 7) is 16.5. The van der Waals surface area contributed by atoms with Crippen molar-refractivity contribution in [1.82, 2.24) is 0 Å². The molecular weight excluding hydrogens is 424 g/mol. The van der Waals surface area contributed by atoms with Crippen molar-refractivity contribution in [3.63, 3.8) is 0 Å². The van der Waals surface area contributed by atoms with Gasteiger partial charge in [0.05, 0.1) is 25.4 Å². The highest BCUT2D eigenvalue weighted by Crippen LogP contribution is 2.25. The molecule has 2 atom stereocenters. The summed E-state index contributed by atoms with van der Waals surface area (Å²) in [5, 5.41) is 0. The van der Waals surface area contributed by atoms with Crippen LogP contribution in [0.5, 0.6) is 0 Å². The Balaban J connectivity index is 2.49. The maximum absolute atomic E-state index is 6.09. The van der Waals surface area contributed by atoms with Gasteiger partial charge in [-0.25, -0.2) is 0 Å². The van der Waals surface area contributed by atoms with Gasteiger partial charge in [0.1, 0.15) is 0 Å². The number of ether oxygens (including phenoxy) is 2. The Bertz CT molecular complexity index is 350. The summed E-state index contributed by atoms with van der Waals surface area (Å²) in [4.78, 5) is 0. The van der Waals surface area contributed by atoms with E-state index < -0.39 is 17.6 Å². The molecule has 0 radical (unpaired) electrons. The van der Waals surface area contributed by atoms with Crippen molar-refractivity contribution >= 4 is 17.6 Å². The first-order valence-electron chi connectivity index (χ1n) is 11.6. The molecule has 0 aromatic carbocycles. The third-order valence-electron chi connectivity index (χ3n) is 4.77. The number of hydrogen-bond donors (Lipinski definition) is 0. The van der Waals surface area contributed by atoms with E-state index in [1.54, 1.807) is 0 Å². The minimum Gasteiger partial charge on any atom is -0.374 e. The summed E-state index contributed by atoms with van der Waals surface area (Å²) >= 11 is 0. The highest BCUT2D eigenvalue weighted by Gasteiger charge is 2.43. The van der Waals surface area contributed by atoms with Crippen molar-refractivity contribution < 1.29 is 36.0 Å². The second-order valence-corrected chi connectivity index (χ2v) is 12.4. The van der Waals surface area contributed by atoms with E-state index in [0.29, 0.717) is 52.9 Å². The molecule has 1 aliphatic heterocycles. The van der Waals surface area contributed by atoms with Crippen LogP contribution in [0.4, 0.5) is 0 Å². The normalized spacial score (nSPS) is 20.6. The molecule has 0 amide bonds. The predicted octanol–water partition coefficient (Wildman–Crippen LogP) is 3.65. The SMILES string of the molecule is CCO[Si](CCC1COC(CC[Si](OCC)(OCC)OCC)CO1)(OCC)OCC. The molecule has 0 spiro atoms. The highest BCUT2D eigenvalue weighted by molar-refractivity contribution is 6.61. The van der Waals surface area contributed by atoms with Gasteiger partial charge in [-0.05, 0) is 54.4 Å². The van der Waals surface area contributed by atoms with E-state index in [0.717, 1.165) is 24.9 Å².